The summed E-state index contributed by atoms with van der Waals surface area (Å²) >= 11 is 0. The quantitative estimate of drug-likeness (QED) is 0.765. The molecule has 0 saturated heterocycles. The second-order valence-electron chi connectivity index (χ2n) is 6.10. The van der Waals surface area contributed by atoms with Crippen LogP contribution in [0.3, 0.4) is 0 Å². The highest BCUT2D eigenvalue weighted by Crippen LogP contribution is 2.28. The Labute approximate surface area is 115 Å². The van der Waals surface area contributed by atoms with E-state index in [4.69, 9.17) is 5.73 Å². The molecule has 2 aliphatic carbocycles. The van der Waals surface area contributed by atoms with Gasteiger partial charge in [-0.05, 0) is 38.5 Å². The van der Waals surface area contributed by atoms with Crippen molar-refractivity contribution >= 4 is 5.91 Å². The average Bonchev–Trinajstić information content (AvgIpc) is 2.64. The van der Waals surface area contributed by atoms with E-state index >= 15 is 0 Å². The number of hydrogen-bond acceptors (Lipinski definition) is 3. The molecule has 0 radical (unpaired) electrons. The van der Waals surface area contributed by atoms with Crippen molar-refractivity contribution in [3.05, 3.63) is 0 Å². The van der Waals surface area contributed by atoms with Crippen LogP contribution in [0, 0.1) is 23.2 Å². The highest BCUT2D eigenvalue weighted by molar-refractivity contribution is 5.76. The van der Waals surface area contributed by atoms with Gasteiger partial charge in [0.1, 0.15) is 0 Å². The lowest BCUT2D eigenvalue weighted by atomic mass is 9.84. The fraction of sp³-hybridized carbons (Fsp3) is 0.867. The van der Waals surface area contributed by atoms with Gasteiger partial charge in [0.25, 0.3) is 0 Å². The van der Waals surface area contributed by atoms with Crippen molar-refractivity contribution in [2.75, 3.05) is 0 Å². The van der Waals surface area contributed by atoms with Crippen LogP contribution in [-0.4, -0.2) is 18.0 Å². The lowest BCUT2D eigenvalue weighted by molar-refractivity contribution is -0.122. The van der Waals surface area contributed by atoms with E-state index in [-0.39, 0.29) is 17.7 Å². The van der Waals surface area contributed by atoms with Crippen molar-refractivity contribution in [1.29, 1.82) is 5.26 Å². The molecule has 3 N–H and O–H groups in total. The summed E-state index contributed by atoms with van der Waals surface area (Å²) in [4.78, 5) is 11.2. The van der Waals surface area contributed by atoms with Crippen molar-refractivity contribution in [1.82, 2.24) is 5.32 Å². The molecule has 0 aliphatic heterocycles. The highest BCUT2D eigenvalue weighted by atomic mass is 16.1. The van der Waals surface area contributed by atoms with Crippen molar-refractivity contribution in [2.24, 2.45) is 17.6 Å². The first-order valence-electron chi connectivity index (χ1n) is 7.65. The van der Waals surface area contributed by atoms with Crippen molar-refractivity contribution < 1.29 is 4.79 Å². The van der Waals surface area contributed by atoms with Crippen LogP contribution in [0.1, 0.15) is 57.8 Å². The topological polar surface area (TPSA) is 78.9 Å². The maximum atomic E-state index is 11.2. The fourth-order valence-corrected chi connectivity index (χ4v) is 3.51. The molecule has 106 valence electrons. The van der Waals surface area contributed by atoms with Crippen LogP contribution < -0.4 is 11.1 Å². The highest BCUT2D eigenvalue weighted by Gasteiger charge is 2.29. The van der Waals surface area contributed by atoms with Crippen molar-refractivity contribution in [3.8, 4) is 6.07 Å². The monoisotopic (exact) mass is 263 g/mol. The lowest BCUT2D eigenvalue weighted by Gasteiger charge is -2.32. The Morgan fingerprint density at radius 3 is 2.37 bits per heavy atom. The maximum Gasteiger partial charge on any atom is 0.220 e. The number of hydrogen-bond donors (Lipinski definition) is 2. The van der Waals surface area contributed by atoms with Gasteiger partial charge in [-0.2, -0.15) is 5.26 Å². The minimum Gasteiger partial charge on any atom is -0.369 e. The molecule has 4 nitrogen and oxygen atoms in total. The Balaban J connectivity index is 1.83. The van der Waals surface area contributed by atoms with E-state index in [9.17, 15) is 10.1 Å². The molecule has 4 heteroatoms. The summed E-state index contributed by atoms with van der Waals surface area (Å²) in [5.41, 5.74) is 5.36. The smallest absolute Gasteiger partial charge is 0.220 e. The zero-order chi connectivity index (χ0) is 13.7. The van der Waals surface area contributed by atoms with Crippen LogP contribution in [0.5, 0.6) is 0 Å². The molecule has 2 saturated carbocycles. The number of amides is 1. The first-order chi connectivity index (χ1) is 9.20. The van der Waals surface area contributed by atoms with E-state index in [1.54, 1.807) is 0 Å². The zero-order valence-corrected chi connectivity index (χ0v) is 11.6. The van der Waals surface area contributed by atoms with Crippen LogP contribution in [0.15, 0.2) is 0 Å². The summed E-state index contributed by atoms with van der Waals surface area (Å²) in [5.74, 6) is 0.0816. The number of rotatable bonds is 3. The number of nitriles is 1. The van der Waals surface area contributed by atoms with Crippen LogP contribution in [-0.2, 0) is 4.79 Å². The van der Waals surface area contributed by atoms with E-state index in [1.807, 2.05) is 0 Å². The number of nitrogens with two attached hydrogens (primary N) is 1. The maximum absolute atomic E-state index is 11.2. The Kier molecular flexibility index (Phi) is 5.21. The summed E-state index contributed by atoms with van der Waals surface area (Å²) in [6.07, 6.45) is 9.65. The third-order valence-electron chi connectivity index (χ3n) is 4.76. The minimum atomic E-state index is -0.150. The number of primary amides is 1. The van der Waals surface area contributed by atoms with Gasteiger partial charge in [-0.15, -0.1) is 0 Å². The third kappa shape index (κ3) is 3.94. The van der Waals surface area contributed by atoms with Crippen molar-refractivity contribution in [2.45, 2.75) is 69.9 Å². The van der Waals surface area contributed by atoms with E-state index in [1.165, 1.54) is 19.3 Å². The lowest BCUT2D eigenvalue weighted by Crippen LogP contribution is -2.44. The molecule has 1 amide bonds. The molecule has 0 aromatic heterocycles. The first-order valence-corrected chi connectivity index (χ1v) is 7.65. The second-order valence-corrected chi connectivity index (χ2v) is 6.10. The molecule has 2 rings (SSSR count). The predicted molar refractivity (Wildman–Crippen MR) is 74.1 cm³/mol. The summed E-state index contributed by atoms with van der Waals surface area (Å²) in [6, 6.07) is 3.29. The summed E-state index contributed by atoms with van der Waals surface area (Å²) < 4.78 is 0. The number of carbonyl (C=O) groups excluding carboxylic acids is 1. The van der Waals surface area contributed by atoms with Gasteiger partial charge in [0.05, 0.1) is 12.0 Å². The molecule has 0 spiro atoms. The molecule has 2 fully saturated rings. The Morgan fingerprint density at radius 2 is 1.74 bits per heavy atom. The molecular formula is C15H25N3O. The average molecular weight is 263 g/mol. The van der Waals surface area contributed by atoms with Crippen LogP contribution in [0.4, 0.5) is 0 Å². The summed E-state index contributed by atoms with van der Waals surface area (Å²) in [6.45, 7) is 0. The van der Waals surface area contributed by atoms with Gasteiger partial charge in [0.2, 0.25) is 5.91 Å². The van der Waals surface area contributed by atoms with Gasteiger partial charge in [-0.25, -0.2) is 0 Å². The molecule has 2 unspecified atom stereocenters. The molecule has 2 atom stereocenters. The van der Waals surface area contributed by atoms with Gasteiger partial charge in [-0.1, -0.05) is 19.3 Å². The number of carbonyl (C=O) groups is 1. The number of nitrogens with one attached hydrogen (secondary N) is 1. The van der Waals surface area contributed by atoms with E-state index in [0.29, 0.717) is 12.1 Å². The second kappa shape index (κ2) is 6.91. The van der Waals surface area contributed by atoms with Crippen LogP contribution in [0.25, 0.3) is 0 Å². The fourth-order valence-electron chi connectivity index (χ4n) is 3.51. The molecule has 2 aliphatic rings. The number of nitrogens with zero attached hydrogens (tertiary/aromatic N) is 1. The largest absolute Gasteiger partial charge is 0.369 e. The van der Waals surface area contributed by atoms with E-state index in [0.717, 1.165) is 38.5 Å². The van der Waals surface area contributed by atoms with Gasteiger partial charge < -0.3 is 11.1 Å². The van der Waals surface area contributed by atoms with Gasteiger partial charge in [0, 0.05) is 18.0 Å². The first kappa shape index (κ1) is 14.3. The van der Waals surface area contributed by atoms with Gasteiger partial charge in [0.15, 0.2) is 0 Å². The van der Waals surface area contributed by atoms with E-state index in [2.05, 4.69) is 11.4 Å². The normalized spacial score (nSPS) is 36.2. The molecule has 0 bridgehead atoms. The van der Waals surface area contributed by atoms with Crippen LogP contribution in [0.2, 0.25) is 0 Å². The standard InChI is InChI=1S/C15H25N3O/c16-10-12-4-2-1-3-5-14(12)18-13-8-6-11(7-9-13)15(17)19/h11-14,18H,1-9H2,(H2,17,19). The summed E-state index contributed by atoms with van der Waals surface area (Å²) in [5, 5.41) is 13.0. The molecule has 0 aromatic carbocycles. The van der Waals surface area contributed by atoms with E-state index < -0.39 is 0 Å². The van der Waals surface area contributed by atoms with Crippen molar-refractivity contribution in [3.63, 3.8) is 0 Å². The van der Waals surface area contributed by atoms with Gasteiger partial charge >= 0.3 is 0 Å². The molecule has 19 heavy (non-hydrogen) atoms. The molecule has 0 heterocycles. The summed E-state index contributed by atoms with van der Waals surface area (Å²) in [7, 11) is 0. The molecule has 0 aromatic rings. The van der Waals surface area contributed by atoms with Crippen LogP contribution >= 0.6 is 0 Å². The SMILES string of the molecule is N#CC1CCCCCC1NC1CCC(C(N)=O)CC1. The molecular weight excluding hydrogens is 238 g/mol. The zero-order valence-electron chi connectivity index (χ0n) is 11.6. The minimum absolute atomic E-state index is 0.0685. The Morgan fingerprint density at radius 1 is 1.05 bits per heavy atom. The Bertz CT molecular complexity index is 342. The third-order valence-corrected chi connectivity index (χ3v) is 4.76. The predicted octanol–water partition coefficient (Wildman–Crippen LogP) is 2.09. The van der Waals surface area contributed by atoms with Gasteiger partial charge in [-0.3, -0.25) is 4.79 Å². The Hall–Kier alpha value is -1.08.